The maximum atomic E-state index is 5.70. The Bertz CT molecular complexity index is 546. The summed E-state index contributed by atoms with van der Waals surface area (Å²) in [6.45, 7) is 0.433. The third-order valence-electron chi connectivity index (χ3n) is 2.51. The van der Waals surface area contributed by atoms with E-state index < -0.39 is 0 Å². The number of hydrogen-bond donors (Lipinski definition) is 2. The lowest BCUT2D eigenvalue weighted by atomic mass is 10.3. The average molecular weight is 324 g/mol. The maximum Gasteiger partial charge on any atom is 0.139 e. The van der Waals surface area contributed by atoms with Crippen LogP contribution in [0.1, 0.15) is 5.56 Å². The van der Waals surface area contributed by atoms with Crippen molar-refractivity contribution in [3.8, 4) is 11.5 Å². The Morgan fingerprint density at radius 1 is 1.32 bits per heavy atom. The van der Waals surface area contributed by atoms with Gasteiger partial charge in [0.2, 0.25) is 0 Å². The zero-order valence-corrected chi connectivity index (χ0v) is 12.0. The zero-order valence-electron chi connectivity index (χ0n) is 10.4. The first-order valence-electron chi connectivity index (χ1n) is 5.61. The van der Waals surface area contributed by atoms with Crippen molar-refractivity contribution < 1.29 is 9.47 Å². The normalized spacial score (nSPS) is 10.1. The molecule has 0 aliphatic rings. The number of hydrogen-bond acceptors (Lipinski definition) is 5. The van der Waals surface area contributed by atoms with Crippen LogP contribution in [-0.2, 0) is 6.61 Å². The molecule has 0 aliphatic heterocycles. The molecule has 0 atom stereocenters. The molecule has 1 aromatic carbocycles. The molecule has 0 fully saturated rings. The highest BCUT2D eigenvalue weighted by Gasteiger charge is 2.03. The molecular formula is C13H14BrN3O2. The largest absolute Gasteiger partial charge is 0.497 e. The molecule has 0 bridgehead atoms. The minimum Gasteiger partial charge on any atom is -0.497 e. The Morgan fingerprint density at radius 3 is 2.74 bits per heavy atom. The van der Waals surface area contributed by atoms with E-state index in [1.54, 1.807) is 19.4 Å². The van der Waals surface area contributed by atoms with Crippen molar-refractivity contribution in [3.63, 3.8) is 0 Å². The van der Waals surface area contributed by atoms with Crippen LogP contribution in [0, 0.1) is 0 Å². The van der Waals surface area contributed by atoms with Gasteiger partial charge in [0.05, 0.1) is 11.6 Å². The summed E-state index contributed by atoms with van der Waals surface area (Å²) in [6.07, 6.45) is 1.71. The second-order valence-corrected chi connectivity index (χ2v) is 4.64. The van der Waals surface area contributed by atoms with Crippen LogP contribution in [0.3, 0.4) is 0 Å². The van der Waals surface area contributed by atoms with Crippen molar-refractivity contribution in [2.45, 2.75) is 6.61 Å². The molecular weight excluding hydrogens is 310 g/mol. The minimum absolute atomic E-state index is 0.433. The van der Waals surface area contributed by atoms with Gasteiger partial charge in [-0.05, 0) is 40.2 Å². The lowest BCUT2D eigenvalue weighted by Gasteiger charge is -2.09. The van der Waals surface area contributed by atoms with Gasteiger partial charge in [0.15, 0.2) is 0 Å². The highest BCUT2D eigenvalue weighted by Crippen LogP contribution is 2.29. The minimum atomic E-state index is 0.433. The number of nitrogens with two attached hydrogens (primary N) is 1. The van der Waals surface area contributed by atoms with Gasteiger partial charge in [-0.25, -0.2) is 10.8 Å². The number of benzene rings is 1. The SMILES string of the molecule is COc1ccc(OCc2ccc(NN)nc2)c(Br)c1. The number of nitrogen functional groups attached to an aromatic ring is 1. The molecule has 100 valence electrons. The Hall–Kier alpha value is -1.79. The molecule has 0 saturated heterocycles. The molecule has 0 unspecified atom stereocenters. The third kappa shape index (κ3) is 3.59. The van der Waals surface area contributed by atoms with Crippen LogP contribution in [0.2, 0.25) is 0 Å². The smallest absolute Gasteiger partial charge is 0.139 e. The Balaban J connectivity index is 2.01. The van der Waals surface area contributed by atoms with Crippen LogP contribution in [0.5, 0.6) is 11.5 Å². The van der Waals surface area contributed by atoms with Crippen molar-refractivity contribution in [3.05, 3.63) is 46.6 Å². The summed E-state index contributed by atoms with van der Waals surface area (Å²) in [5.41, 5.74) is 3.44. The molecule has 2 rings (SSSR count). The fourth-order valence-electron chi connectivity index (χ4n) is 1.48. The first-order chi connectivity index (χ1) is 9.22. The fraction of sp³-hybridized carbons (Fsp3) is 0.154. The predicted octanol–water partition coefficient (Wildman–Crippen LogP) is 2.72. The Kier molecular flexibility index (Phi) is 4.59. The van der Waals surface area contributed by atoms with Crippen molar-refractivity contribution in [2.75, 3.05) is 12.5 Å². The van der Waals surface area contributed by atoms with Gasteiger partial charge in [-0.2, -0.15) is 0 Å². The third-order valence-corrected chi connectivity index (χ3v) is 3.13. The Labute approximate surface area is 119 Å². The predicted molar refractivity (Wildman–Crippen MR) is 77.1 cm³/mol. The van der Waals surface area contributed by atoms with Crippen molar-refractivity contribution >= 4 is 21.7 Å². The highest BCUT2D eigenvalue weighted by atomic mass is 79.9. The summed E-state index contributed by atoms with van der Waals surface area (Å²) in [5, 5.41) is 0. The van der Waals surface area contributed by atoms with Gasteiger partial charge in [0.1, 0.15) is 23.9 Å². The number of nitrogens with zero attached hydrogens (tertiary/aromatic N) is 1. The van der Waals surface area contributed by atoms with Crippen LogP contribution < -0.4 is 20.7 Å². The van der Waals surface area contributed by atoms with Crippen LogP contribution >= 0.6 is 15.9 Å². The van der Waals surface area contributed by atoms with Gasteiger partial charge in [0.25, 0.3) is 0 Å². The van der Waals surface area contributed by atoms with E-state index in [9.17, 15) is 0 Å². The van der Waals surface area contributed by atoms with E-state index in [0.717, 1.165) is 21.5 Å². The molecule has 5 nitrogen and oxygen atoms in total. The number of hydrazine groups is 1. The molecule has 2 aromatic rings. The van der Waals surface area contributed by atoms with E-state index in [-0.39, 0.29) is 0 Å². The molecule has 1 heterocycles. The van der Waals surface area contributed by atoms with E-state index in [1.807, 2.05) is 24.3 Å². The molecule has 0 aliphatic carbocycles. The summed E-state index contributed by atoms with van der Waals surface area (Å²) in [4.78, 5) is 4.11. The van der Waals surface area contributed by atoms with E-state index >= 15 is 0 Å². The van der Waals surface area contributed by atoms with E-state index in [1.165, 1.54) is 0 Å². The van der Waals surface area contributed by atoms with Gasteiger partial charge in [-0.15, -0.1) is 0 Å². The standard InChI is InChI=1S/C13H14BrN3O2/c1-18-10-3-4-12(11(14)6-10)19-8-9-2-5-13(17-15)16-7-9/h2-7H,8,15H2,1H3,(H,16,17). The zero-order chi connectivity index (χ0) is 13.7. The van der Waals surface area contributed by atoms with Gasteiger partial charge >= 0.3 is 0 Å². The number of nitrogens with one attached hydrogen (secondary N) is 1. The second-order valence-electron chi connectivity index (χ2n) is 3.78. The topological polar surface area (TPSA) is 69.4 Å². The van der Waals surface area contributed by atoms with Gasteiger partial charge < -0.3 is 14.9 Å². The van der Waals surface area contributed by atoms with Crippen molar-refractivity contribution in [1.29, 1.82) is 0 Å². The lowest BCUT2D eigenvalue weighted by molar-refractivity contribution is 0.303. The molecule has 0 amide bonds. The van der Waals surface area contributed by atoms with Gasteiger partial charge in [-0.3, -0.25) is 0 Å². The van der Waals surface area contributed by atoms with Crippen LogP contribution in [0.25, 0.3) is 0 Å². The number of aromatic nitrogens is 1. The average Bonchev–Trinajstić information content (AvgIpc) is 2.46. The summed E-state index contributed by atoms with van der Waals surface area (Å²) >= 11 is 3.44. The molecule has 0 saturated carbocycles. The maximum absolute atomic E-state index is 5.70. The molecule has 0 spiro atoms. The summed E-state index contributed by atoms with van der Waals surface area (Å²) < 4.78 is 11.7. The number of halogens is 1. The van der Waals surface area contributed by atoms with E-state index in [0.29, 0.717) is 12.4 Å². The fourth-order valence-corrected chi connectivity index (χ4v) is 1.95. The van der Waals surface area contributed by atoms with E-state index in [4.69, 9.17) is 15.3 Å². The van der Waals surface area contributed by atoms with Crippen molar-refractivity contribution in [2.24, 2.45) is 5.84 Å². The van der Waals surface area contributed by atoms with Crippen molar-refractivity contribution in [1.82, 2.24) is 4.98 Å². The van der Waals surface area contributed by atoms with Crippen LogP contribution in [-0.4, -0.2) is 12.1 Å². The van der Waals surface area contributed by atoms with E-state index in [2.05, 4.69) is 26.3 Å². The summed E-state index contributed by atoms with van der Waals surface area (Å²) in [6, 6.07) is 9.25. The molecule has 19 heavy (non-hydrogen) atoms. The number of methoxy groups -OCH3 is 1. The van der Waals surface area contributed by atoms with Gasteiger partial charge in [0, 0.05) is 11.8 Å². The summed E-state index contributed by atoms with van der Waals surface area (Å²) in [5.74, 6) is 7.40. The monoisotopic (exact) mass is 323 g/mol. The molecule has 1 aromatic heterocycles. The molecule has 0 radical (unpaired) electrons. The number of rotatable bonds is 5. The first kappa shape index (κ1) is 13.6. The number of ether oxygens (including phenoxy) is 2. The highest BCUT2D eigenvalue weighted by molar-refractivity contribution is 9.10. The number of anilines is 1. The quantitative estimate of drug-likeness (QED) is 0.654. The van der Waals surface area contributed by atoms with Crippen LogP contribution in [0.15, 0.2) is 41.0 Å². The lowest BCUT2D eigenvalue weighted by Crippen LogP contribution is -2.08. The Morgan fingerprint density at radius 2 is 2.16 bits per heavy atom. The molecule has 3 N–H and O–H groups in total. The van der Waals surface area contributed by atoms with Gasteiger partial charge in [-0.1, -0.05) is 6.07 Å². The second kappa shape index (κ2) is 6.40. The van der Waals surface area contributed by atoms with Crippen LogP contribution in [0.4, 0.5) is 5.82 Å². The number of pyridine rings is 1. The summed E-state index contributed by atoms with van der Waals surface area (Å²) in [7, 11) is 1.63. The molecule has 6 heteroatoms. The first-order valence-corrected chi connectivity index (χ1v) is 6.40.